The highest BCUT2D eigenvalue weighted by atomic mass is 16.6. The van der Waals surface area contributed by atoms with Gasteiger partial charge in [0.1, 0.15) is 5.56 Å². The summed E-state index contributed by atoms with van der Waals surface area (Å²) < 4.78 is 0. The summed E-state index contributed by atoms with van der Waals surface area (Å²) in [7, 11) is 0. The third kappa shape index (κ3) is 2.76. The molecule has 2 N–H and O–H groups in total. The van der Waals surface area contributed by atoms with Gasteiger partial charge in [-0.2, -0.15) is 0 Å². The number of nitrogens with zero attached hydrogens (tertiary/aromatic N) is 1. The molecule has 3 rings (SSSR count). The highest BCUT2D eigenvalue weighted by Crippen LogP contribution is 2.60. The second-order valence-electron chi connectivity index (χ2n) is 6.11. The van der Waals surface area contributed by atoms with Crippen molar-refractivity contribution < 1.29 is 14.8 Å². The van der Waals surface area contributed by atoms with Crippen LogP contribution in [0.1, 0.15) is 41.6 Å². The number of carbonyl (C=O) groups is 1. The fraction of sp³-hybridized carbons (Fsp3) is 0.533. The smallest absolute Gasteiger partial charge is 0.343 e. The van der Waals surface area contributed by atoms with E-state index in [1.54, 1.807) is 6.07 Å². The number of nitrogens with one attached hydrogen (secondary N) is 1. The summed E-state index contributed by atoms with van der Waals surface area (Å²) in [6, 6.07) is 4.41. The van der Waals surface area contributed by atoms with Gasteiger partial charge < -0.3 is 10.4 Å². The Labute approximate surface area is 122 Å². The van der Waals surface area contributed by atoms with Crippen LogP contribution >= 0.6 is 0 Å². The van der Waals surface area contributed by atoms with E-state index in [9.17, 15) is 20.0 Å². The third-order valence-corrected chi connectivity index (χ3v) is 4.67. The van der Waals surface area contributed by atoms with Crippen molar-refractivity contribution in [3.63, 3.8) is 0 Å². The first-order valence-corrected chi connectivity index (χ1v) is 7.24. The summed E-state index contributed by atoms with van der Waals surface area (Å²) in [6.07, 6.45) is 5.09. The average molecular weight is 290 g/mol. The Morgan fingerprint density at radius 2 is 2.14 bits per heavy atom. The maximum Gasteiger partial charge on any atom is 0.343 e. The van der Waals surface area contributed by atoms with Crippen molar-refractivity contribution in [2.45, 2.75) is 32.2 Å². The molecular weight excluding hydrogens is 272 g/mol. The average Bonchev–Trinajstić information content (AvgIpc) is 3.30. The zero-order chi connectivity index (χ0) is 15.0. The normalized spacial score (nSPS) is 19.2. The summed E-state index contributed by atoms with van der Waals surface area (Å²) in [4.78, 5) is 21.6. The Kier molecular flexibility index (Phi) is 3.41. The molecule has 6 nitrogen and oxygen atoms in total. The molecule has 0 atom stereocenters. The van der Waals surface area contributed by atoms with Gasteiger partial charge in [0.2, 0.25) is 0 Å². The lowest BCUT2D eigenvalue weighted by molar-refractivity contribution is -0.385. The van der Waals surface area contributed by atoms with Crippen LogP contribution in [-0.4, -0.2) is 22.5 Å². The molecule has 112 valence electrons. The Bertz CT molecular complexity index is 591. The van der Waals surface area contributed by atoms with E-state index in [4.69, 9.17) is 0 Å². The van der Waals surface area contributed by atoms with E-state index in [-0.39, 0.29) is 11.3 Å². The number of hydrogen-bond donors (Lipinski definition) is 2. The van der Waals surface area contributed by atoms with E-state index in [1.807, 2.05) is 0 Å². The molecule has 0 spiro atoms. The molecule has 0 heterocycles. The summed E-state index contributed by atoms with van der Waals surface area (Å²) in [5, 5.41) is 23.5. The maximum absolute atomic E-state index is 11.3. The molecule has 2 aliphatic carbocycles. The Balaban J connectivity index is 1.71. The number of aromatic carboxylic acids is 1. The number of hydrogen-bond acceptors (Lipinski definition) is 4. The van der Waals surface area contributed by atoms with Crippen LogP contribution in [0.5, 0.6) is 0 Å². The van der Waals surface area contributed by atoms with Gasteiger partial charge in [0.15, 0.2) is 0 Å². The minimum absolute atomic E-state index is 0.203. The zero-order valence-corrected chi connectivity index (χ0v) is 11.7. The van der Waals surface area contributed by atoms with Gasteiger partial charge in [-0.25, -0.2) is 4.79 Å². The largest absolute Gasteiger partial charge is 0.477 e. The number of carboxylic acid groups (broad SMARTS) is 1. The second kappa shape index (κ2) is 5.11. The molecule has 0 radical (unpaired) electrons. The minimum atomic E-state index is -1.25. The van der Waals surface area contributed by atoms with Crippen LogP contribution < -0.4 is 5.32 Å². The second-order valence-corrected chi connectivity index (χ2v) is 6.11. The topological polar surface area (TPSA) is 92.5 Å². The van der Waals surface area contributed by atoms with Crippen LogP contribution in [0, 0.1) is 21.4 Å². The standard InChI is InChI=1S/C15H18N2O4/c18-14(19)13-10(2-1-3-12(13)17(20)21)8-16-9-15(6-7-15)11-4-5-11/h1-3,11,16H,4-9H2,(H,18,19). The molecule has 0 bridgehead atoms. The van der Waals surface area contributed by atoms with Gasteiger partial charge in [-0.05, 0) is 42.6 Å². The Hall–Kier alpha value is -1.95. The van der Waals surface area contributed by atoms with Crippen LogP contribution in [-0.2, 0) is 6.54 Å². The number of benzene rings is 1. The molecule has 0 aliphatic heterocycles. The molecule has 2 aliphatic rings. The van der Waals surface area contributed by atoms with Crippen molar-refractivity contribution in [2.24, 2.45) is 11.3 Å². The highest BCUT2D eigenvalue weighted by molar-refractivity contribution is 5.94. The molecular formula is C15H18N2O4. The lowest BCUT2D eigenvalue weighted by Crippen LogP contribution is -2.26. The summed E-state index contributed by atoms with van der Waals surface area (Å²) >= 11 is 0. The molecule has 0 aromatic heterocycles. The molecule has 0 amide bonds. The van der Waals surface area contributed by atoms with Crippen LogP contribution in [0.4, 0.5) is 5.69 Å². The van der Waals surface area contributed by atoms with E-state index in [0.29, 0.717) is 17.5 Å². The summed E-state index contributed by atoms with van der Waals surface area (Å²) in [5.41, 5.74) is 0.351. The molecule has 1 aromatic carbocycles. The number of carboxylic acids is 1. The van der Waals surface area contributed by atoms with Crippen LogP contribution in [0.15, 0.2) is 18.2 Å². The molecule has 2 fully saturated rings. The van der Waals surface area contributed by atoms with Gasteiger partial charge in [0, 0.05) is 19.2 Å². The lowest BCUT2D eigenvalue weighted by Gasteiger charge is -2.15. The van der Waals surface area contributed by atoms with Gasteiger partial charge in [-0.15, -0.1) is 0 Å². The molecule has 6 heteroatoms. The number of nitro groups is 1. The predicted octanol–water partition coefficient (Wildman–Crippen LogP) is 2.57. The predicted molar refractivity (Wildman–Crippen MR) is 76.2 cm³/mol. The van der Waals surface area contributed by atoms with Crippen molar-refractivity contribution in [3.05, 3.63) is 39.4 Å². The monoisotopic (exact) mass is 290 g/mol. The minimum Gasteiger partial charge on any atom is -0.477 e. The first-order valence-electron chi connectivity index (χ1n) is 7.24. The quantitative estimate of drug-likeness (QED) is 0.594. The van der Waals surface area contributed by atoms with E-state index in [1.165, 1.54) is 37.8 Å². The van der Waals surface area contributed by atoms with Gasteiger partial charge in [0.05, 0.1) is 4.92 Å². The van der Waals surface area contributed by atoms with Crippen LogP contribution in [0.2, 0.25) is 0 Å². The molecule has 0 unspecified atom stereocenters. The van der Waals surface area contributed by atoms with E-state index < -0.39 is 10.9 Å². The molecule has 2 saturated carbocycles. The highest BCUT2D eigenvalue weighted by Gasteiger charge is 2.53. The molecule has 21 heavy (non-hydrogen) atoms. The van der Waals surface area contributed by atoms with Gasteiger partial charge >= 0.3 is 5.97 Å². The van der Waals surface area contributed by atoms with E-state index in [2.05, 4.69) is 5.32 Å². The maximum atomic E-state index is 11.3. The van der Waals surface area contributed by atoms with Crippen molar-refractivity contribution in [3.8, 4) is 0 Å². The third-order valence-electron chi connectivity index (χ3n) is 4.67. The number of rotatable bonds is 7. The van der Waals surface area contributed by atoms with Crippen molar-refractivity contribution >= 4 is 11.7 Å². The molecule has 0 saturated heterocycles. The van der Waals surface area contributed by atoms with Crippen LogP contribution in [0.3, 0.4) is 0 Å². The van der Waals surface area contributed by atoms with E-state index >= 15 is 0 Å². The van der Waals surface area contributed by atoms with Gasteiger partial charge in [0.25, 0.3) is 5.69 Å². The fourth-order valence-corrected chi connectivity index (χ4v) is 3.16. The Morgan fingerprint density at radius 3 is 2.67 bits per heavy atom. The lowest BCUT2D eigenvalue weighted by atomic mass is 10.00. The van der Waals surface area contributed by atoms with Crippen molar-refractivity contribution in [1.82, 2.24) is 5.32 Å². The van der Waals surface area contributed by atoms with Crippen molar-refractivity contribution in [2.75, 3.05) is 6.54 Å². The summed E-state index contributed by atoms with van der Waals surface area (Å²) in [6.45, 7) is 1.23. The first-order chi connectivity index (χ1) is 10.0. The zero-order valence-electron chi connectivity index (χ0n) is 11.7. The van der Waals surface area contributed by atoms with E-state index in [0.717, 1.165) is 12.5 Å². The van der Waals surface area contributed by atoms with Crippen LogP contribution in [0.25, 0.3) is 0 Å². The van der Waals surface area contributed by atoms with Gasteiger partial charge in [-0.3, -0.25) is 10.1 Å². The summed E-state index contributed by atoms with van der Waals surface area (Å²) in [5.74, 6) is -0.420. The molecule has 1 aromatic rings. The Morgan fingerprint density at radius 1 is 1.43 bits per heavy atom. The fourth-order valence-electron chi connectivity index (χ4n) is 3.16. The number of nitro benzene ring substituents is 1. The SMILES string of the molecule is O=C(O)c1c(CNCC2(C3CC3)CC2)cccc1[N+](=O)[O-]. The van der Waals surface area contributed by atoms with Crippen molar-refractivity contribution in [1.29, 1.82) is 0 Å². The first kappa shape index (κ1) is 14.0. The van der Waals surface area contributed by atoms with Gasteiger partial charge in [-0.1, -0.05) is 12.1 Å².